The molecule has 1 N–H and O–H groups in total. The molecule has 1 aromatic rings. The molecule has 1 aliphatic rings. The number of tetrazole rings is 1. The molecule has 2 rings (SSSR count). The van der Waals surface area contributed by atoms with Crippen molar-refractivity contribution >= 4 is 5.95 Å². The van der Waals surface area contributed by atoms with Gasteiger partial charge in [0.25, 0.3) is 0 Å². The normalized spacial score (nSPS) is 25.6. The second kappa shape index (κ2) is 5.27. The van der Waals surface area contributed by atoms with Crippen LogP contribution in [0.3, 0.4) is 0 Å². The monoisotopic (exact) mass is 223 g/mol. The first kappa shape index (κ1) is 11.4. The molecular formula is C11H21N5. The van der Waals surface area contributed by atoms with Crippen molar-refractivity contribution in [2.24, 2.45) is 18.9 Å². The van der Waals surface area contributed by atoms with Crippen molar-refractivity contribution in [2.75, 3.05) is 11.9 Å². The van der Waals surface area contributed by atoms with Gasteiger partial charge in [-0.3, -0.25) is 0 Å². The van der Waals surface area contributed by atoms with Gasteiger partial charge in [0.2, 0.25) is 5.95 Å². The summed E-state index contributed by atoms with van der Waals surface area (Å²) in [5.41, 5.74) is 0. The number of nitrogens with one attached hydrogen (secondary N) is 1. The molecule has 1 heterocycles. The first-order valence-corrected chi connectivity index (χ1v) is 6.22. The average Bonchev–Trinajstić information content (AvgIpc) is 2.65. The van der Waals surface area contributed by atoms with Crippen LogP contribution in [0.5, 0.6) is 0 Å². The smallest absolute Gasteiger partial charge is 0.242 e. The molecule has 2 atom stereocenters. The van der Waals surface area contributed by atoms with Crippen molar-refractivity contribution in [1.82, 2.24) is 20.2 Å². The molecule has 1 aliphatic carbocycles. The molecule has 2 unspecified atom stereocenters. The first-order chi connectivity index (χ1) is 7.75. The fourth-order valence-electron chi connectivity index (χ4n) is 2.59. The lowest BCUT2D eigenvalue weighted by Gasteiger charge is -2.26. The Bertz CT molecular complexity index is 322. The van der Waals surface area contributed by atoms with Gasteiger partial charge >= 0.3 is 0 Å². The summed E-state index contributed by atoms with van der Waals surface area (Å²) in [6.45, 7) is 3.35. The molecule has 90 valence electrons. The van der Waals surface area contributed by atoms with E-state index in [1.165, 1.54) is 32.1 Å². The van der Waals surface area contributed by atoms with Crippen molar-refractivity contribution in [3.05, 3.63) is 0 Å². The highest BCUT2D eigenvalue weighted by molar-refractivity contribution is 5.20. The van der Waals surface area contributed by atoms with Gasteiger partial charge in [0.1, 0.15) is 0 Å². The van der Waals surface area contributed by atoms with Crippen molar-refractivity contribution in [3.8, 4) is 0 Å². The predicted octanol–water partition coefficient (Wildman–Crippen LogP) is 1.84. The Morgan fingerprint density at radius 2 is 2.31 bits per heavy atom. The molecule has 0 bridgehead atoms. The van der Waals surface area contributed by atoms with Gasteiger partial charge in [0, 0.05) is 13.6 Å². The van der Waals surface area contributed by atoms with Gasteiger partial charge in [-0.05, 0) is 35.1 Å². The fourth-order valence-corrected chi connectivity index (χ4v) is 2.59. The van der Waals surface area contributed by atoms with Crippen LogP contribution >= 0.6 is 0 Å². The van der Waals surface area contributed by atoms with E-state index in [0.717, 1.165) is 24.3 Å². The van der Waals surface area contributed by atoms with Gasteiger partial charge in [-0.15, -0.1) is 0 Å². The average molecular weight is 223 g/mol. The Morgan fingerprint density at radius 3 is 3.00 bits per heavy atom. The molecule has 0 radical (unpaired) electrons. The van der Waals surface area contributed by atoms with Gasteiger partial charge in [0.05, 0.1) is 0 Å². The lowest BCUT2D eigenvalue weighted by molar-refractivity contribution is 0.274. The number of hydrogen-bond acceptors (Lipinski definition) is 4. The minimum atomic E-state index is 0.767. The van der Waals surface area contributed by atoms with Crippen LogP contribution in [-0.4, -0.2) is 26.8 Å². The van der Waals surface area contributed by atoms with E-state index in [2.05, 4.69) is 27.8 Å². The largest absolute Gasteiger partial charge is 0.353 e. The van der Waals surface area contributed by atoms with Crippen molar-refractivity contribution in [2.45, 2.75) is 39.0 Å². The van der Waals surface area contributed by atoms with Crippen LogP contribution in [0.25, 0.3) is 0 Å². The first-order valence-electron chi connectivity index (χ1n) is 6.22. The number of rotatable bonds is 4. The topological polar surface area (TPSA) is 55.6 Å². The second-order valence-corrected chi connectivity index (χ2v) is 4.98. The molecule has 5 heteroatoms. The molecule has 0 aliphatic heterocycles. The van der Waals surface area contributed by atoms with E-state index < -0.39 is 0 Å². The van der Waals surface area contributed by atoms with E-state index in [9.17, 15) is 0 Å². The third kappa shape index (κ3) is 2.93. The number of aryl methyl sites for hydroxylation is 1. The Morgan fingerprint density at radius 1 is 1.44 bits per heavy atom. The number of anilines is 1. The molecule has 1 saturated carbocycles. The van der Waals surface area contributed by atoms with Gasteiger partial charge in [-0.1, -0.05) is 31.3 Å². The van der Waals surface area contributed by atoms with Crippen molar-refractivity contribution < 1.29 is 0 Å². The quantitative estimate of drug-likeness (QED) is 0.846. The maximum absolute atomic E-state index is 3.90. The Kier molecular flexibility index (Phi) is 3.74. The minimum Gasteiger partial charge on any atom is -0.353 e. The van der Waals surface area contributed by atoms with Gasteiger partial charge in [-0.2, -0.15) is 0 Å². The number of aromatic nitrogens is 4. The summed E-state index contributed by atoms with van der Waals surface area (Å²) < 4.78 is 1.67. The molecule has 5 nitrogen and oxygen atoms in total. The number of hydrogen-bond donors (Lipinski definition) is 1. The third-order valence-corrected chi connectivity index (χ3v) is 3.50. The highest BCUT2D eigenvalue weighted by atomic mass is 15.6. The maximum Gasteiger partial charge on any atom is 0.242 e. The Balaban J connectivity index is 1.70. The highest BCUT2D eigenvalue weighted by Crippen LogP contribution is 2.30. The second-order valence-electron chi connectivity index (χ2n) is 4.98. The Hall–Kier alpha value is -1.13. The van der Waals surface area contributed by atoms with E-state index in [-0.39, 0.29) is 0 Å². The zero-order chi connectivity index (χ0) is 11.4. The summed E-state index contributed by atoms with van der Waals surface area (Å²) in [5, 5.41) is 14.6. The van der Waals surface area contributed by atoms with Crippen LogP contribution in [0.4, 0.5) is 5.95 Å². The van der Waals surface area contributed by atoms with Crippen LogP contribution in [0.1, 0.15) is 39.0 Å². The van der Waals surface area contributed by atoms with Gasteiger partial charge in [0.15, 0.2) is 0 Å². The molecule has 16 heavy (non-hydrogen) atoms. The highest BCUT2D eigenvalue weighted by Gasteiger charge is 2.18. The molecule has 0 saturated heterocycles. The summed E-state index contributed by atoms with van der Waals surface area (Å²) in [4.78, 5) is 0. The van der Waals surface area contributed by atoms with Crippen molar-refractivity contribution in [3.63, 3.8) is 0 Å². The van der Waals surface area contributed by atoms with Crippen LogP contribution in [0.15, 0.2) is 0 Å². The van der Waals surface area contributed by atoms with E-state index in [1.54, 1.807) is 4.68 Å². The SMILES string of the molecule is CC1CCCC(CCNc2nnnn2C)C1. The summed E-state index contributed by atoms with van der Waals surface area (Å²) in [6, 6.07) is 0. The van der Waals surface area contributed by atoms with E-state index in [0.29, 0.717) is 0 Å². The molecule has 0 amide bonds. The molecule has 0 aromatic carbocycles. The standard InChI is InChI=1S/C11H21N5/c1-9-4-3-5-10(8-9)6-7-12-11-13-14-15-16(11)2/h9-10H,3-8H2,1-2H3,(H,12,13,15). The van der Waals surface area contributed by atoms with Crippen LogP contribution < -0.4 is 5.32 Å². The summed E-state index contributed by atoms with van der Waals surface area (Å²) >= 11 is 0. The van der Waals surface area contributed by atoms with Crippen LogP contribution in [0.2, 0.25) is 0 Å². The zero-order valence-electron chi connectivity index (χ0n) is 10.2. The lowest BCUT2D eigenvalue weighted by Crippen LogP contribution is -2.17. The minimum absolute atomic E-state index is 0.767. The molecule has 1 fully saturated rings. The summed E-state index contributed by atoms with van der Waals surface area (Å²) in [6.07, 6.45) is 6.83. The van der Waals surface area contributed by atoms with Crippen LogP contribution in [-0.2, 0) is 7.05 Å². The maximum atomic E-state index is 3.90. The van der Waals surface area contributed by atoms with E-state index in [4.69, 9.17) is 0 Å². The number of nitrogens with zero attached hydrogens (tertiary/aromatic N) is 4. The van der Waals surface area contributed by atoms with Crippen molar-refractivity contribution in [1.29, 1.82) is 0 Å². The fraction of sp³-hybridized carbons (Fsp3) is 0.909. The lowest BCUT2D eigenvalue weighted by atomic mass is 9.81. The zero-order valence-corrected chi connectivity index (χ0v) is 10.2. The molecule has 1 aromatic heterocycles. The predicted molar refractivity (Wildman–Crippen MR) is 63.0 cm³/mol. The van der Waals surface area contributed by atoms with Gasteiger partial charge < -0.3 is 5.32 Å². The summed E-state index contributed by atoms with van der Waals surface area (Å²) in [5.74, 6) is 2.57. The third-order valence-electron chi connectivity index (χ3n) is 3.50. The molecular weight excluding hydrogens is 202 g/mol. The van der Waals surface area contributed by atoms with Crippen LogP contribution in [0, 0.1) is 11.8 Å². The van der Waals surface area contributed by atoms with E-state index in [1.807, 2.05) is 7.05 Å². The van der Waals surface area contributed by atoms with Gasteiger partial charge in [-0.25, -0.2) is 4.68 Å². The summed E-state index contributed by atoms with van der Waals surface area (Å²) in [7, 11) is 1.85. The van der Waals surface area contributed by atoms with E-state index >= 15 is 0 Å². The molecule has 0 spiro atoms. The Labute approximate surface area is 96.6 Å².